The van der Waals surface area contributed by atoms with Gasteiger partial charge in [-0.2, -0.15) is 0 Å². The quantitative estimate of drug-likeness (QED) is 0.531. The molecule has 0 bridgehead atoms. The Balaban J connectivity index is 1.50. The molecule has 3 aromatic carbocycles. The maximum Gasteiger partial charge on any atom is 0.258 e. The number of halogens is 1. The fourth-order valence-corrected chi connectivity index (χ4v) is 3.86. The van der Waals surface area contributed by atoms with E-state index in [1.165, 1.54) is 36.4 Å². The number of ether oxygens (including phenoxy) is 1. The Morgan fingerprint density at radius 3 is 2.26 bits per heavy atom. The van der Waals surface area contributed by atoms with Gasteiger partial charge in [-0.3, -0.25) is 4.79 Å². The second-order valence-electron chi connectivity index (χ2n) is 6.91. The fraction of sp³-hybridized carbons (Fsp3) is 0.174. The monoisotopic (exact) mass is 442 g/mol. The van der Waals surface area contributed by atoms with Gasteiger partial charge >= 0.3 is 0 Å². The first-order chi connectivity index (χ1) is 14.8. The van der Waals surface area contributed by atoms with Crippen LogP contribution < -0.4 is 14.8 Å². The number of rotatable bonds is 9. The maximum atomic E-state index is 13.0. The molecule has 0 fully saturated rings. The first-order valence-electron chi connectivity index (χ1n) is 9.65. The number of amides is 1. The molecule has 0 spiro atoms. The number of nitrogens with one attached hydrogen (secondary N) is 2. The highest BCUT2D eigenvalue weighted by molar-refractivity contribution is 7.89. The molecule has 3 rings (SSSR count). The Kier molecular flexibility index (Phi) is 7.38. The van der Waals surface area contributed by atoms with E-state index in [-0.39, 0.29) is 35.8 Å². The van der Waals surface area contributed by atoms with Crippen LogP contribution in [0.3, 0.4) is 0 Å². The second kappa shape index (κ2) is 10.2. The topological polar surface area (TPSA) is 84.5 Å². The van der Waals surface area contributed by atoms with E-state index in [9.17, 15) is 17.6 Å². The van der Waals surface area contributed by atoms with Crippen LogP contribution >= 0.6 is 0 Å². The highest BCUT2D eigenvalue weighted by Gasteiger charge is 2.14. The summed E-state index contributed by atoms with van der Waals surface area (Å²) >= 11 is 0. The van der Waals surface area contributed by atoms with Crippen LogP contribution in [0.5, 0.6) is 5.75 Å². The van der Waals surface area contributed by atoms with E-state index in [1.54, 1.807) is 19.1 Å². The van der Waals surface area contributed by atoms with Gasteiger partial charge in [0.2, 0.25) is 10.0 Å². The lowest BCUT2D eigenvalue weighted by molar-refractivity contribution is -0.123. The van der Waals surface area contributed by atoms with Gasteiger partial charge in [0.1, 0.15) is 11.6 Å². The molecule has 6 nitrogen and oxygen atoms in total. The van der Waals surface area contributed by atoms with Crippen molar-refractivity contribution in [2.24, 2.45) is 0 Å². The summed E-state index contributed by atoms with van der Waals surface area (Å²) in [5, 5.41) is 2.76. The van der Waals surface area contributed by atoms with Crippen molar-refractivity contribution in [3.05, 3.63) is 95.8 Å². The minimum atomic E-state index is -3.67. The number of hydrogen-bond donors (Lipinski definition) is 2. The van der Waals surface area contributed by atoms with Crippen LogP contribution in [0.2, 0.25) is 0 Å². The van der Waals surface area contributed by atoms with Gasteiger partial charge < -0.3 is 10.1 Å². The van der Waals surface area contributed by atoms with E-state index in [0.717, 1.165) is 11.1 Å². The van der Waals surface area contributed by atoms with E-state index in [2.05, 4.69) is 10.0 Å². The van der Waals surface area contributed by atoms with Gasteiger partial charge in [0, 0.05) is 6.54 Å². The summed E-state index contributed by atoms with van der Waals surface area (Å²) < 4.78 is 45.8. The summed E-state index contributed by atoms with van der Waals surface area (Å²) in [5.74, 6) is -0.323. The Morgan fingerprint density at radius 1 is 0.968 bits per heavy atom. The predicted octanol–water partition coefficient (Wildman–Crippen LogP) is 3.56. The maximum absolute atomic E-state index is 13.0. The third kappa shape index (κ3) is 6.63. The van der Waals surface area contributed by atoms with Crippen molar-refractivity contribution in [1.82, 2.24) is 10.0 Å². The first kappa shape index (κ1) is 22.5. The normalized spacial score (nSPS) is 12.2. The van der Waals surface area contributed by atoms with E-state index < -0.39 is 10.0 Å². The number of carbonyl (C=O) groups excluding carboxylic acids is 1. The van der Waals surface area contributed by atoms with Gasteiger partial charge in [0.15, 0.2) is 6.61 Å². The van der Waals surface area contributed by atoms with Gasteiger partial charge in [-0.05, 0) is 54.4 Å². The number of hydrogen-bond acceptors (Lipinski definition) is 4. The molecule has 31 heavy (non-hydrogen) atoms. The van der Waals surface area contributed by atoms with Crippen LogP contribution in [0.15, 0.2) is 83.8 Å². The Hall–Kier alpha value is -3.23. The molecular formula is C23H23FN2O4S. The van der Waals surface area contributed by atoms with Gasteiger partial charge in [-0.25, -0.2) is 17.5 Å². The first-order valence-corrected chi connectivity index (χ1v) is 11.1. The Bertz CT molecular complexity index is 1100. The van der Waals surface area contributed by atoms with E-state index in [4.69, 9.17) is 4.74 Å². The summed E-state index contributed by atoms with van der Waals surface area (Å²) in [6, 6.07) is 20.6. The third-order valence-corrected chi connectivity index (χ3v) is 5.98. The van der Waals surface area contributed by atoms with Crippen molar-refractivity contribution < 1.29 is 22.3 Å². The van der Waals surface area contributed by atoms with Gasteiger partial charge in [-0.15, -0.1) is 0 Å². The Labute approximate surface area is 181 Å². The molecule has 8 heteroatoms. The van der Waals surface area contributed by atoms with Gasteiger partial charge in [0.25, 0.3) is 5.91 Å². The smallest absolute Gasteiger partial charge is 0.258 e. The molecule has 3 aromatic rings. The van der Waals surface area contributed by atoms with E-state index in [1.807, 2.05) is 30.3 Å². The average molecular weight is 443 g/mol. The second-order valence-corrected chi connectivity index (χ2v) is 8.68. The molecule has 0 radical (unpaired) electrons. The zero-order valence-corrected chi connectivity index (χ0v) is 17.7. The van der Waals surface area contributed by atoms with Crippen molar-refractivity contribution in [2.45, 2.75) is 24.4 Å². The van der Waals surface area contributed by atoms with Crippen LogP contribution in [0.4, 0.5) is 4.39 Å². The lowest BCUT2D eigenvalue weighted by atomic mass is 10.1. The van der Waals surface area contributed by atoms with Crippen molar-refractivity contribution >= 4 is 15.9 Å². The van der Waals surface area contributed by atoms with Crippen molar-refractivity contribution in [1.29, 1.82) is 0 Å². The van der Waals surface area contributed by atoms with Crippen molar-refractivity contribution in [2.75, 3.05) is 6.61 Å². The number of benzene rings is 3. The van der Waals surface area contributed by atoms with Crippen molar-refractivity contribution in [3.63, 3.8) is 0 Å². The molecule has 0 aliphatic heterocycles. The minimum Gasteiger partial charge on any atom is -0.484 e. The summed E-state index contributed by atoms with van der Waals surface area (Å²) in [4.78, 5) is 12.2. The lowest BCUT2D eigenvalue weighted by Crippen LogP contribution is -2.31. The van der Waals surface area contributed by atoms with E-state index >= 15 is 0 Å². The lowest BCUT2D eigenvalue weighted by Gasteiger charge is -2.15. The fourth-order valence-electron chi connectivity index (χ4n) is 2.84. The highest BCUT2D eigenvalue weighted by Crippen LogP contribution is 2.17. The zero-order valence-electron chi connectivity index (χ0n) is 16.9. The third-order valence-electron chi connectivity index (χ3n) is 4.56. The average Bonchev–Trinajstić information content (AvgIpc) is 2.78. The largest absolute Gasteiger partial charge is 0.484 e. The summed E-state index contributed by atoms with van der Waals surface area (Å²) in [6.45, 7) is 1.74. The molecule has 0 aliphatic rings. The minimum absolute atomic E-state index is 0.102. The molecular weight excluding hydrogens is 419 g/mol. The molecule has 162 valence electrons. The molecule has 0 heterocycles. The molecule has 0 unspecified atom stereocenters. The van der Waals surface area contributed by atoms with E-state index in [0.29, 0.717) is 5.75 Å². The standard InChI is InChI=1S/C23H23FN2O4S/c1-17(19-7-9-20(24)10-8-19)26-23(27)16-30-21-11-13-22(14-12-21)31(28,29)25-15-18-5-3-2-4-6-18/h2-14,17,25H,15-16H2,1H3,(H,26,27)/t17-/m1/s1. The molecule has 2 N–H and O–H groups in total. The molecule has 0 saturated heterocycles. The van der Waals surface area contributed by atoms with Crippen molar-refractivity contribution in [3.8, 4) is 5.75 Å². The van der Waals surface area contributed by atoms with Crippen LogP contribution in [0.25, 0.3) is 0 Å². The summed E-state index contributed by atoms with van der Waals surface area (Å²) in [7, 11) is -3.67. The zero-order chi connectivity index (χ0) is 22.3. The van der Waals surface area contributed by atoms with Gasteiger partial charge in [0.05, 0.1) is 10.9 Å². The molecule has 0 saturated carbocycles. The number of sulfonamides is 1. The summed E-state index contributed by atoms with van der Waals surface area (Å²) in [5.41, 5.74) is 1.62. The Morgan fingerprint density at radius 2 is 1.61 bits per heavy atom. The molecule has 1 atom stereocenters. The van der Waals surface area contributed by atoms with Gasteiger partial charge in [-0.1, -0.05) is 42.5 Å². The molecule has 1 amide bonds. The summed E-state index contributed by atoms with van der Waals surface area (Å²) in [6.07, 6.45) is 0. The predicted molar refractivity (Wildman–Crippen MR) is 115 cm³/mol. The molecule has 0 aromatic heterocycles. The highest BCUT2D eigenvalue weighted by atomic mass is 32.2. The van der Waals surface area contributed by atoms with Crippen LogP contribution in [0, 0.1) is 5.82 Å². The SMILES string of the molecule is C[C@@H](NC(=O)COc1ccc(S(=O)(=O)NCc2ccccc2)cc1)c1ccc(F)cc1. The number of carbonyl (C=O) groups is 1. The van der Waals surface area contributed by atoms with Crippen LogP contribution in [0.1, 0.15) is 24.1 Å². The van der Waals surface area contributed by atoms with Crippen LogP contribution in [-0.2, 0) is 21.4 Å². The van der Waals surface area contributed by atoms with Crippen LogP contribution in [-0.4, -0.2) is 20.9 Å². The molecule has 0 aliphatic carbocycles.